The molecule has 1 amide bonds. The van der Waals surface area contributed by atoms with Crippen molar-refractivity contribution < 1.29 is 79.0 Å². The monoisotopic (exact) mass is 958 g/mol. The number of non-ortho nitro benzene ring substituents is 1. The van der Waals surface area contributed by atoms with E-state index in [4.69, 9.17) is 62.8 Å². The molecule has 3 aliphatic heterocycles. The van der Waals surface area contributed by atoms with Crippen molar-refractivity contribution in [2.24, 2.45) is 34.4 Å². The van der Waals surface area contributed by atoms with Gasteiger partial charge in [-0.05, 0) is 36.8 Å². The van der Waals surface area contributed by atoms with E-state index in [1.54, 1.807) is 18.7 Å². The van der Waals surface area contributed by atoms with Crippen molar-refractivity contribution in [3.05, 3.63) is 39.9 Å². The van der Waals surface area contributed by atoms with E-state index in [0.29, 0.717) is 12.0 Å². The number of thioether (sulfide) groups is 2. The highest BCUT2D eigenvalue weighted by atomic mass is 32.2. The molecule has 1 aromatic carbocycles. The van der Waals surface area contributed by atoms with Gasteiger partial charge in [-0.3, -0.25) is 14.9 Å². The minimum Gasteiger partial charge on any atom is -0.394 e. The van der Waals surface area contributed by atoms with Gasteiger partial charge in [0.05, 0.1) is 47.6 Å². The smallest absolute Gasteiger partial charge is 0.269 e. The summed E-state index contributed by atoms with van der Waals surface area (Å²) in [5, 5.41) is 96.8. The number of nitro groups is 1. The van der Waals surface area contributed by atoms with Gasteiger partial charge in [-0.25, -0.2) is 0 Å². The first-order valence-electron chi connectivity index (χ1n) is 20.7. The number of rotatable bonds is 18. The molecule has 0 aromatic heterocycles. The molecule has 1 saturated carbocycles. The third-order valence-electron chi connectivity index (χ3n) is 11.4. The SMILES string of the molecule is CC[C@H]1O[C@@H](OC2C(O)C(N)CC(N)C2OC2OC(CN)C(O)C(O)C2N)[C@@H](O)C1OC1OC(CN)C(O)C(O)C1N.CSCSCC(=O)N[C@H](CO)[C@H](O)c1ccc([N+](=O)[O-])cc1. The van der Waals surface area contributed by atoms with E-state index in [2.05, 4.69) is 5.32 Å². The van der Waals surface area contributed by atoms with E-state index in [1.807, 2.05) is 6.26 Å². The second kappa shape index (κ2) is 25.4. The largest absolute Gasteiger partial charge is 0.394 e. The summed E-state index contributed by atoms with van der Waals surface area (Å²) < 4.78 is 35.3. The summed E-state index contributed by atoms with van der Waals surface area (Å²) in [6, 6.07) is 0.511. The van der Waals surface area contributed by atoms with Crippen molar-refractivity contribution in [2.75, 3.05) is 36.8 Å². The van der Waals surface area contributed by atoms with Gasteiger partial charge in [-0.15, -0.1) is 11.8 Å². The van der Waals surface area contributed by atoms with Crippen LogP contribution in [0.15, 0.2) is 24.3 Å². The normalized spacial score (nSPS) is 39.9. The molecule has 16 unspecified atom stereocenters. The van der Waals surface area contributed by atoms with E-state index in [0.717, 1.165) is 5.08 Å². The number of nitro benzene ring substituents is 1. The Morgan fingerprint density at radius 2 is 1.31 bits per heavy atom. The summed E-state index contributed by atoms with van der Waals surface area (Å²) >= 11 is 3.04. The Morgan fingerprint density at radius 1 is 0.797 bits per heavy atom. The number of amides is 1. The maximum Gasteiger partial charge on any atom is 0.269 e. The van der Waals surface area contributed by atoms with Crippen molar-refractivity contribution in [3.8, 4) is 0 Å². The van der Waals surface area contributed by atoms with Crippen LogP contribution in [-0.4, -0.2) is 211 Å². The van der Waals surface area contributed by atoms with E-state index < -0.39 is 140 Å². The predicted molar refractivity (Wildman–Crippen MR) is 229 cm³/mol. The van der Waals surface area contributed by atoms with Crippen molar-refractivity contribution in [2.45, 2.75) is 148 Å². The van der Waals surface area contributed by atoms with E-state index in [9.17, 15) is 55.8 Å². The Balaban J connectivity index is 0.000000344. The van der Waals surface area contributed by atoms with Gasteiger partial charge in [0.2, 0.25) is 5.91 Å². The van der Waals surface area contributed by atoms with Crippen LogP contribution in [-0.2, 0) is 33.2 Å². The van der Waals surface area contributed by atoms with Gasteiger partial charge in [-0.2, -0.15) is 11.8 Å². The summed E-state index contributed by atoms with van der Waals surface area (Å²) in [6.07, 6.45) is -17.0. The first kappa shape index (κ1) is 54.6. The molecule has 0 bridgehead atoms. The first-order valence-corrected chi connectivity index (χ1v) is 23.2. The maximum atomic E-state index is 11.7. The van der Waals surface area contributed by atoms with Gasteiger partial charge in [0.1, 0.15) is 67.1 Å². The molecule has 5 rings (SSSR count). The van der Waals surface area contributed by atoms with Crippen LogP contribution in [0.2, 0.25) is 0 Å². The number of nitrogens with two attached hydrogens (primary N) is 6. The number of nitrogens with zero attached hydrogens (tertiary/aromatic N) is 1. The molecule has 25 nitrogen and oxygen atoms in total. The van der Waals surface area contributed by atoms with Crippen LogP contribution in [0, 0.1) is 10.1 Å². The first-order chi connectivity index (χ1) is 30.3. The molecule has 4 fully saturated rings. The third kappa shape index (κ3) is 13.4. The molecule has 1 aromatic rings. The Kier molecular flexibility index (Phi) is 21.7. The van der Waals surface area contributed by atoms with Gasteiger partial charge >= 0.3 is 0 Å². The summed E-state index contributed by atoms with van der Waals surface area (Å²) in [5.41, 5.74) is 36.2. The average Bonchev–Trinajstić information content (AvgIpc) is 3.58. The number of aliphatic hydroxyl groups is 8. The Labute approximate surface area is 377 Å². The summed E-state index contributed by atoms with van der Waals surface area (Å²) in [6.45, 7) is 1.10. The fourth-order valence-corrected chi connectivity index (χ4v) is 8.91. The minimum atomic E-state index is -1.44. The number of aliphatic hydroxyl groups excluding tert-OH is 8. The van der Waals surface area contributed by atoms with Gasteiger partial charge in [0.15, 0.2) is 18.9 Å². The summed E-state index contributed by atoms with van der Waals surface area (Å²) in [4.78, 5) is 21.8. The van der Waals surface area contributed by atoms with Crippen molar-refractivity contribution in [1.82, 2.24) is 5.32 Å². The molecule has 4 aliphatic rings. The van der Waals surface area contributed by atoms with Crippen LogP contribution in [0.3, 0.4) is 0 Å². The Morgan fingerprint density at radius 3 is 1.80 bits per heavy atom. The molecule has 21 atom stereocenters. The van der Waals surface area contributed by atoms with Crippen LogP contribution in [0.1, 0.15) is 31.4 Å². The minimum absolute atomic E-state index is 0.0889. The van der Waals surface area contributed by atoms with E-state index in [-0.39, 0.29) is 36.9 Å². The highest BCUT2D eigenvalue weighted by Crippen LogP contribution is 2.35. The lowest BCUT2D eigenvalue weighted by molar-refractivity contribution is -0.384. The maximum absolute atomic E-state index is 11.7. The zero-order valence-corrected chi connectivity index (χ0v) is 37.0. The average molecular weight is 959 g/mol. The van der Waals surface area contributed by atoms with Crippen LogP contribution in [0.4, 0.5) is 5.69 Å². The van der Waals surface area contributed by atoms with Crippen LogP contribution < -0.4 is 39.7 Å². The highest BCUT2D eigenvalue weighted by Gasteiger charge is 2.54. The van der Waals surface area contributed by atoms with Gasteiger partial charge in [0.25, 0.3) is 5.69 Å². The third-order valence-corrected chi connectivity index (χ3v) is 13.5. The lowest BCUT2D eigenvalue weighted by Crippen LogP contribution is -2.68. The van der Waals surface area contributed by atoms with E-state index >= 15 is 0 Å². The molecule has 1 aliphatic carbocycles. The van der Waals surface area contributed by atoms with Gasteiger partial charge in [-0.1, -0.05) is 6.92 Å². The fraction of sp³-hybridized carbons (Fsp3) is 0.811. The number of benzene rings is 1. The van der Waals surface area contributed by atoms with Gasteiger partial charge < -0.3 is 109 Å². The zero-order chi connectivity index (χ0) is 47.6. The second-order valence-electron chi connectivity index (χ2n) is 15.9. The topological polar surface area (TPSA) is 446 Å². The number of ether oxygens (including phenoxy) is 6. The predicted octanol–water partition coefficient (Wildman–Crippen LogP) is -6.32. The second-order valence-corrected chi connectivity index (χ2v) is 18.1. The zero-order valence-electron chi connectivity index (χ0n) is 35.4. The molecule has 27 heteroatoms. The van der Waals surface area contributed by atoms with Crippen LogP contribution >= 0.6 is 23.5 Å². The quantitative estimate of drug-likeness (QED) is 0.0282. The molecular weight excluding hydrogens is 893 g/mol. The van der Waals surface area contributed by atoms with Crippen molar-refractivity contribution >= 4 is 35.1 Å². The number of nitrogens with one attached hydrogen (secondary N) is 1. The lowest BCUT2D eigenvalue weighted by atomic mass is 9.84. The van der Waals surface area contributed by atoms with Crippen LogP contribution in [0.25, 0.3) is 0 Å². The van der Waals surface area contributed by atoms with Crippen LogP contribution in [0.5, 0.6) is 0 Å². The molecule has 368 valence electrons. The summed E-state index contributed by atoms with van der Waals surface area (Å²) in [5.74, 6) is -0.0382. The van der Waals surface area contributed by atoms with Crippen molar-refractivity contribution in [1.29, 1.82) is 0 Å². The Hall–Kier alpha value is -2.01. The molecular formula is C37H66N8O17S2. The van der Waals surface area contributed by atoms with Crippen molar-refractivity contribution in [3.63, 3.8) is 0 Å². The molecule has 0 spiro atoms. The number of carbonyl (C=O) groups excluding carboxylic acids is 1. The number of hydrogen-bond donors (Lipinski definition) is 15. The molecule has 21 N–H and O–H groups in total. The number of carbonyl (C=O) groups is 1. The molecule has 3 heterocycles. The number of hydrogen-bond acceptors (Lipinski definition) is 25. The highest BCUT2D eigenvalue weighted by molar-refractivity contribution is 8.15. The Bertz CT molecular complexity index is 1590. The standard InChI is InChI=1S/C24H48N6O12.C13H18N2O5S2/c1-2-8-20(41-23-12(30)17(35)15(33)10(5-26)39-23)18(36)24(37-8)42-21-13(31)6(27)3-7(28)19(21)40-22-11(29)16(34)14(32)9(4-25)38-22;1-21-8-22-7-12(17)14-11(6-16)13(18)9-2-4-10(5-3-9)15(19)20/h6-24,31-36H,2-5,25-30H2,1H3;2-5,11,13,16,18H,6-8H2,1H3,(H,14,17)/t6?,7?,8-,9?,10?,11?,12?,13?,14?,15?,16?,17?,18+,19?,20?,21?,22?,23?,24+;11-,13-/m11/s1. The molecule has 3 saturated heterocycles. The molecule has 0 radical (unpaired) electrons. The van der Waals surface area contributed by atoms with E-state index in [1.165, 1.54) is 36.0 Å². The molecule has 64 heavy (non-hydrogen) atoms. The lowest BCUT2D eigenvalue weighted by Gasteiger charge is -2.47. The van der Waals surface area contributed by atoms with Gasteiger partial charge in [0, 0.05) is 42.4 Å². The summed E-state index contributed by atoms with van der Waals surface area (Å²) in [7, 11) is 0. The fourth-order valence-electron chi connectivity index (χ4n) is 7.64.